The van der Waals surface area contributed by atoms with E-state index in [4.69, 9.17) is 4.74 Å². The molecule has 0 saturated heterocycles. The van der Waals surface area contributed by atoms with Gasteiger partial charge in [0.2, 0.25) is 5.88 Å². The first kappa shape index (κ1) is 15.3. The van der Waals surface area contributed by atoms with Crippen molar-refractivity contribution >= 4 is 32.3 Å². The smallest absolute Gasteiger partial charge is 0.301 e. The van der Waals surface area contributed by atoms with E-state index in [2.05, 4.69) is 4.98 Å². The average Bonchev–Trinajstić information content (AvgIpc) is 2.88. The molecule has 0 unspecified atom stereocenters. The minimum absolute atomic E-state index is 0.407. The molecular weight excluding hydrogens is 288 g/mol. The molecule has 0 fully saturated rings. The lowest BCUT2D eigenvalue weighted by Gasteiger charge is -2.09. The molecule has 0 atom stereocenters. The minimum atomic E-state index is -0.407. The van der Waals surface area contributed by atoms with Gasteiger partial charge in [-0.3, -0.25) is 4.79 Å². The van der Waals surface area contributed by atoms with Crippen LogP contribution in [0.4, 0.5) is 0 Å². The SMILES string of the molecule is CC.COc1cc2c3cc(C)sc3c(=O)n(O)c2c(C)n1. The number of rotatable bonds is 1. The van der Waals surface area contributed by atoms with Crippen molar-refractivity contribution in [3.8, 4) is 5.88 Å². The van der Waals surface area contributed by atoms with E-state index in [1.807, 2.05) is 26.8 Å². The van der Waals surface area contributed by atoms with Crippen molar-refractivity contribution in [1.29, 1.82) is 0 Å². The Labute approximate surface area is 126 Å². The monoisotopic (exact) mass is 306 g/mol. The quantitative estimate of drug-likeness (QED) is 0.699. The van der Waals surface area contributed by atoms with E-state index in [-0.39, 0.29) is 0 Å². The van der Waals surface area contributed by atoms with Crippen LogP contribution in [-0.2, 0) is 0 Å². The number of pyridine rings is 2. The Morgan fingerprint density at radius 1 is 1.24 bits per heavy atom. The van der Waals surface area contributed by atoms with Crippen molar-refractivity contribution in [1.82, 2.24) is 9.71 Å². The molecule has 6 heteroatoms. The van der Waals surface area contributed by atoms with E-state index in [0.29, 0.717) is 26.5 Å². The fourth-order valence-electron chi connectivity index (χ4n) is 2.29. The first-order valence-electron chi connectivity index (χ1n) is 6.72. The fourth-order valence-corrected chi connectivity index (χ4v) is 3.24. The predicted molar refractivity (Wildman–Crippen MR) is 85.9 cm³/mol. The summed E-state index contributed by atoms with van der Waals surface area (Å²) in [7, 11) is 1.54. The molecule has 0 saturated carbocycles. The molecule has 0 amide bonds. The number of methoxy groups -OCH3 is 1. The summed E-state index contributed by atoms with van der Waals surface area (Å²) in [6, 6.07) is 3.69. The highest BCUT2D eigenvalue weighted by molar-refractivity contribution is 7.19. The molecule has 3 heterocycles. The second-order valence-electron chi connectivity index (χ2n) is 4.36. The lowest BCUT2D eigenvalue weighted by Crippen LogP contribution is -2.18. The normalized spacial score (nSPS) is 10.5. The van der Waals surface area contributed by atoms with E-state index < -0.39 is 5.56 Å². The van der Waals surface area contributed by atoms with Crippen molar-refractivity contribution < 1.29 is 9.94 Å². The average molecular weight is 306 g/mol. The second-order valence-corrected chi connectivity index (χ2v) is 5.62. The molecule has 1 N–H and O–H groups in total. The van der Waals surface area contributed by atoms with Crippen molar-refractivity contribution in [2.45, 2.75) is 27.7 Å². The lowest BCUT2D eigenvalue weighted by atomic mass is 10.1. The number of thiophene rings is 1. The third kappa shape index (κ3) is 2.35. The second kappa shape index (κ2) is 5.73. The summed E-state index contributed by atoms with van der Waals surface area (Å²) in [5.74, 6) is 0.466. The molecular formula is C15H18N2O3S. The Morgan fingerprint density at radius 3 is 2.52 bits per heavy atom. The van der Waals surface area contributed by atoms with E-state index in [9.17, 15) is 10.0 Å². The first-order chi connectivity index (χ1) is 10.0. The molecule has 0 aliphatic heterocycles. The zero-order valence-electron chi connectivity index (χ0n) is 12.7. The number of fused-ring (bicyclic) bond motifs is 3. The number of hydrogen-bond acceptors (Lipinski definition) is 5. The molecule has 0 bridgehead atoms. The zero-order chi connectivity index (χ0) is 15.7. The van der Waals surface area contributed by atoms with Gasteiger partial charge in [0.1, 0.15) is 10.2 Å². The highest BCUT2D eigenvalue weighted by atomic mass is 32.1. The van der Waals surface area contributed by atoms with Gasteiger partial charge in [-0.1, -0.05) is 13.8 Å². The van der Waals surface area contributed by atoms with Gasteiger partial charge in [0.15, 0.2) is 0 Å². The van der Waals surface area contributed by atoms with E-state index in [0.717, 1.165) is 15.6 Å². The van der Waals surface area contributed by atoms with Gasteiger partial charge >= 0.3 is 5.56 Å². The van der Waals surface area contributed by atoms with E-state index in [1.54, 1.807) is 20.1 Å². The highest BCUT2D eigenvalue weighted by Gasteiger charge is 2.16. The van der Waals surface area contributed by atoms with E-state index in [1.165, 1.54) is 11.3 Å². The van der Waals surface area contributed by atoms with Crippen molar-refractivity contribution in [2.24, 2.45) is 0 Å². The Kier molecular flexibility index (Phi) is 4.18. The minimum Gasteiger partial charge on any atom is -0.481 e. The summed E-state index contributed by atoms with van der Waals surface area (Å²) >= 11 is 1.37. The van der Waals surface area contributed by atoms with Crippen LogP contribution in [0.15, 0.2) is 16.9 Å². The van der Waals surface area contributed by atoms with E-state index >= 15 is 0 Å². The van der Waals surface area contributed by atoms with Crippen LogP contribution in [0.1, 0.15) is 24.4 Å². The molecule has 0 radical (unpaired) electrons. The molecule has 21 heavy (non-hydrogen) atoms. The zero-order valence-corrected chi connectivity index (χ0v) is 13.5. The predicted octanol–water partition coefficient (Wildman–Crippen LogP) is 3.50. The fraction of sp³-hybridized carbons (Fsp3) is 0.333. The molecule has 112 valence electrons. The van der Waals surface area contributed by atoms with Crippen molar-refractivity contribution in [3.05, 3.63) is 33.1 Å². The molecule has 5 nitrogen and oxygen atoms in total. The largest absolute Gasteiger partial charge is 0.481 e. The van der Waals surface area contributed by atoms with Gasteiger partial charge in [0.05, 0.1) is 12.8 Å². The van der Waals surface area contributed by atoms with Crippen LogP contribution in [0.25, 0.3) is 21.0 Å². The van der Waals surface area contributed by atoms with Gasteiger partial charge in [-0.05, 0) is 19.9 Å². The molecule has 3 rings (SSSR count). The Hall–Kier alpha value is -2.08. The molecule has 0 aliphatic carbocycles. The van der Waals surface area contributed by atoms with Crippen LogP contribution >= 0.6 is 11.3 Å². The van der Waals surface area contributed by atoms with Gasteiger partial charge < -0.3 is 9.94 Å². The van der Waals surface area contributed by atoms with Crippen molar-refractivity contribution in [3.63, 3.8) is 0 Å². The maximum Gasteiger partial charge on any atom is 0.301 e. The number of aryl methyl sites for hydroxylation is 2. The summed E-state index contributed by atoms with van der Waals surface area (Å²) in [5, 5.41) is 11.6. The Balaban J connectivity index is 0.000000774. The van der Waals surface area contributed by atoms with Gasteiger partial charge in [-0.25, -0.2) is 4.98 Å². The maximum absolute atomic E-state index is 12.1. The van der Waals surface area contributed by atoms with Gasteiger partial charge in [0.25, 0.3) is 0 Å². The third-order valence-corrected chi connectivity index (χ3v) is 4.14. The molecule has 0 spiro atoms. The first-order valence-corrected chi connectivity index (χ1v) is 7.54. The number of hydrogen-bond donors (Lipinski definition) is 1. The third-order valence-electron chi connectivity index (χ3n) is 3.10. The number of ether oxygens (including phenoxy) is 1. The van der Waals surface area contributed by atoms with Gasteiger partial charge in [-0.2, -0.15) is 0 Å². The van der Waals surface area contributed by atoms with Crippen LogP contribution in [-0.4, -0.2) is 22.0 Å². The molecule has 0 aromatic carbocycles. The van der Waals surface area contributed by atoms with Gasteiger partial charge in [-0.15, -0.1) is 16.1 Å². The Morgan fingerprint density at radius 2 is 1.90 bits per heavy atom. The standard InChI is InChI=1S/C13H12N2O3S.C2H6/c1-6-4-9-8-5-10(18-3)14-7(2)11(8)15(17)13(16)12(9)19-6;1-2/h4-5,17H,1-3H3;1-2H3. The molecule has 3 aromatic rings. The van der Waals surface area contributed by atoms with Crippen LogP contribution < -0.4 is 10.3 Å². The summed E-state index contributed by atoms with van der Waals surface area (Å²) < 4.78 is 6.37. The Bertz CT molecular complexity index is 865. The van der Waals surface area contributed by atoms with Crippen molar-refractivity contribution in [2.75, 3.05) is 7.11 Å². The summed E-state index contributed by atoms with van der Waals surface area (Å²) in [4.78, 5) is 17.3. The molecule has 0 aliphatic rings. The van der Waals surface area contributed by atoms with Gasteiger partial charge in [0, 0.05) is 21.7 Å². The maximum atomic E-state index is 12.1. The van der Waals surface area contributed by atoms with Crippen LogP contribution in [0.5, 0.6) is 5.88 Å². The van der Waals surface area contributed by atoms with Crippen LogP contribution in [0.3, 0.4) is 0 Å². The number of nitrogens with zero attached hydrogens (tertiary/aromatic N) is 2. The number of aromatic nitrogens is 2. The summed E-state index contributed by atoms with van der Waals surface area (Å²) in [5.41, 5.74) is 0.575. The summed E-state index contributed by atoms with van der Waals surface area (Å²) in [6.07, 6.45) is 0. The van der Waals surface area contributed by atoms with Crippen LogP contribution in [0.2, 0.25) is 0 Å². The summed E-state index contributed by atoms with van der Waals surface area (Å²) in [6.45, 7) is 7.67. The molecule has 3 aromatic heterocycles. The lowest BCUT2D eigenvalue weighted by molar-refractivity contribution is 0.190. The topological polar surface area (TPSA) is 64.3 Å². The van der Waals surface area contributed by atoms with Crippen LogP contribution in [0, 0.1) is 13.8 Å². The highest BCUT2D eigenvalue weighted by Crippen LogP contribution is 2.31.